The second-order valence-corrected chi connectivity index (χ2v) is 5.23. The number of hydrogen-bond acceptors (Lipinski definition) is 1. The van der Waals surface area contributed by atoms with Crippen LogP contribution in [0.25, 0.3) is 0 Å². The van der Waals surface area contributed by atoms with Gasteiger partial charge in [-0.25, -0.2) is 8.78 Å². The number of para-hydroxylation sites is 1. The number of benzene rings is 2. The molecular weight excluding hydrogens is 244 g/mol. The van der Waals surface area contributed by atoms with E-state index < -0.39 is 11.6 Å². The van der Waals surface area contributed by atoms with Gasteiger partial charge in [0.15, 0.2) is 11.6 Å². The molecule has 3 heteroatoms. The monoisotopic (exact) mass is 257 g/mol. The molecule has 1 aliphatic heterocycles. The molecule has 0 saturated carbocycles. The lowest BCUT2D eigenvalue weighted by Crippen LogP contribution is -2.26. The van der Waals surface area contributed by atoms with Gasteiger partial charge in [0.2, 0.25) is 0 Å². The van der Waals surface area contributed by atoms with Crippen molar-refractivity contribution in [1.82, 2.24) is 0 Å². The van der Waals surface area contributed by atoms with Gasteiger partial charge in [0.1, 0.15) is 0 Å². The van der Waals surface area contributed by atoms with E-state index in [2.05, 4.69) is 4.99 Å². The number of nitrogens with zero attached hydrogens (tertiary/aromatic N) is 1. The lowest BCUT2D eigenvalue weighted by atomic mass is 9.79. The van der Waals surface area contributed by atoms with Crippen molar-refractivity contribution in [1.29, 1.82) is 0 Å². The number of rotatable bonds is 1. The molecule has 2 aromatic rings. The zero-order chi connectivity index (χ0) is 13.6. The van der Waals surface area contributed by atoms with E-state index >= 15 is 0 Å². The predicted octanol–water partition coefficient (Wildman–Crippen LogP) is 4.38. The molecule has 1 heterocycles. The highest BCUT2D eigenvalue weighted by atomic mass is 19.2. The van der Waals surface area contributed by atoms with Gasteiger partial charge < -0.3 is 0 Å². The summed E-state index contributed by atoms with van der Waals surface area (Å²) in [5.41, 5.74) is 3.09. The molecule has 0 radical (unpaired) electrons. The van der Waals surface area contributed by atoms with E-state index in [1.54, 1.807) is 6.07 Å². The van der Waals surface area contributed by atoms with Crippen LogP contribution in [-0.4, -0.2) is 5.71 Å². The van der Waals surface area contributed by atoms with Crippen LogP contribution >= 0.6 is 0 Å². The molecule has 0 saturated heterocycles. The Kier molecular flexibility index (Phi) is 2.52. The molecule has 0 atom stereocenters. The molecule has 1 nitrogen and oxygen atoms in total. The Balaban J connectivity index is 2.15. The highest BCUT2D eigenvalue weighted by Crippen LogP contribution is 2.41. The minimum absolute atomic E-state index is 0.305. The van der Waals surface area contributed by atoms with Crippen molar-refractivity contribution in [3.63, 3.8) is 0 Å². The lowest BCUT2D eigenvalue weighted by Gasteiger charge is -2.22. The van der Waals surface area contributed by atoms with Crippen LogP contribution in [0.4, 0.5) is 14.5 Å². The van der Waals surface area contributed by atoms with Crippen LogP contribution in [0.1, 0.15) is 25.0 Å². The first-order chi connectivity index (χ1) is 9.00. The van der Waals surface area contributed by atoms with E-state index in [1.165, 1.54) is 6.07 Å². The molecule has 0 aliphatic carbocycles. The summed E-state index contributed by atoms with van der Waals surface area (Å²) in [5.74, 6) is -1.68. The van der Waals surface area contributed by atoms with Crippen LogP contribution in [0, 0.1) is 11.6 Å². The van der Waals surface area contributed by atoms with Crippen LogP contribution in [0.15, 0.2) is 47.5 Å². The smallest absolute Gasteiger partial charge is 0.159 e. The van der Waals surface area contributed by atoms with Gasteiger partial charge in [-0.2, -0.15) is 0 Å². The third-order valence-corrected chi connectivity index (χ3v) is 3.59. The quantitative estimate of drug-likeness (QED) is 0.719. The number of fused-ring (bicyclic) bond motifs is 1. The Morgan fingerprint density at radius 1 is 0.947 bits per heavy atom. The molecular formula is C16H13F2N. The highest BCUT2D eigenvalue weighted by Gasteiger charge is 2.35. The average molecular weight is 257 g/mol. The summed E-state index contributed by atoms with van der Waals surface area (Å²) >= 11 is 0. The van der Waals surface area contributed by atoms with Gasteiger partial charge in [0.05, 0.1) is 11.4 Å². The topological polar surface area (TPSA) is 12.4 Å². The zero-order valence-electron chi connectivity index (χ0n) is 10.7. The van der Waals surface area contributed by atoms with Crippen molar-refractivity contribution in [3.05, 3.63) is 65.2 Å². The molecule has 0 amide bonds. The Hall–Kier alpha value is -2.03. The Labute approximate surface area is 110 Å². The molecule has 0 N–H and O–H groups in total. The molecule has 19 heavy (non-hydrogen) atoms. The van der Waals surface area contributed by atoms with Crippen LogP contribution in [0.5, 0.6) is 0 Å². The minimum Gasteiger partial charge on any atom is -0.252 e. The summed E-state index contributed by atoms with van der Waals surface area (Å²) in [6, 6.07) is 11.8. The van der Waals surface area contributed by atoms with Gasteiger partial charge in [0.25, 0.3) is 0 Å². The summed E-state index contributed by atoms with van der Waals surface area (Å²) in [5, 5.41) is 0. The molecule has 0 fully saturated rings. The van der Waals surface area contributed by atoms with E-state index in [9.17, 15) is 8.78 Å². The molecule has 96 valence electrons. The van der Waals surface area contributed by atoms with Crippen molar-refractivity contribution in [3.8, 4) is 0 Å². The average Bonchev–Trinajstić information content (AvgIpc) is 2.66. The van der Waals surface area contributed by atoms with Crippen LogP contribution < -0.4 is 0 Å². The first-order valence-electron chi connectivity index (χ1n) is 6.14. The molecule has 0 spiro atoms. The van der Waals surface area contributed by atoms with Gasteiger partial charge in [0, 0.05) is 5.41 Å². The van der Waals surface area contributed by atoms with Crippen molar-refractivity contribution in [2.45, 2.75) is 19.3 Å². The van der Waals surface area contributed by atoms with E-state index in [0.717, 1.165) is 23.0 Å². The van der Waals surface area contributed by atoms with Crippen molar-refractivity contribution < 1.29 is 8.78 Å². The van der Waals surface area contributed by atoms with Gasteiger partial charge in [-0.3, -0.25) is 4.99 Å². The van der Waals surface area contributed by atoms with E-state index in [-0.39, 0.29) is 5.41 Å². The number of halogens is 2. The number of aliphatic imine (C=N–C) groups is 1. The molecule has 2 aromatic carbocycles. The van der Waals surface area contributed by atoms with Crippen LogP contribution in [-0.2, 0) is 5.41 Å². The molecule has 3 rings (SSSR count). The zero-order valence-corrected chi connectivity index (χ0v) is 10.7. The SMILES string of the molecule is CC1(C)C(c2ccc(F)c(F)c2)=Nc2ccccc21. The van der Waals surface area contributed by atoms with Gasteiger partial charge >= 0.3 is 0 Å². The highest BCUT2D eigenvalue weighted by molar-refractivity contribution is 6.12. The summed E-state index contributed by atoms with van der Waals surface area (Å²) in [7, 11) is 0. The maximum absolute atomic E-state index is 13.4. The molecule has 0 bridgehead atoms. The van der Waals surface area contributed by atoms with E-state index in [1.807, 2.05) is 38.1 Å². The lowest BCUT2D eigenvalue weighted by molar-refractivity contribution is 0.508. The maximum atomic E-state index is 13.4. The molecule has 0 unspecified atom stereocenters. The predicted molar refractivity (Wildman–Crippen MR) is 72.0 cm³/mol. The molecule has 0 aromatic heterocycles. The Morgan fingerprint density at radius 2 is 1.68 bits per heavy atom. The fraction of sp³-hybridized carbons (Fsp3) is 0.188. The maximum Gasteiger partial charge on any atom is 0.159 e. The first-order valence-corrected chi connectivity index (χ1v) is 6.14. The largest absolute Gasteiger partial charge is 0.252 e. The summed E-state index contributed by atoms with van der Waals surface area (Å²) in [6.07, 6.45) is 0. The van der Waals surface area contributed by atoms with E-state index in [0.29, 0.717) is 5.56 Å². The third kappa shape index (κ3) is 1.77. The van der Waals surface area contributed by atoms with Gasteiger partial charge in [-0.05, 0) is 35.4 Å². The Bertz CT molecular complexity index is 687. The normalized spacial score (nSPS) is 16.1. The minimum atomic E-state index is -0.841. The van der Waals surface area contributed by atoms with Crippen molar-refractivity contribution in [2.24, 2.45) is 4.99 Å². The second kappa shape index (κ2) is 3.98. The third-order valence-electron chi connectivity index (χ3n) is 3.59. The summed E-state index contributed by atoms with van der Waals surface area (Å²) < 4.78 is 26.4. The fourth-order valence-electron chi connectivity index (χ4n) is 2.56. The fourth-order valence-corrected chi connectivity index (χ4v) is 2.56. The second-order valence-electron chi connectivity index (χ2n) is 5.23. The van der Waals surface area contributed by atoms with Crippen molar-refractivity contribution >= 4 is 11.4 Å². The van der Waals surface area contributed by atoms with Crippen LogP contribution in [0.2, 0.25) is 0 Å². The summed E-state index contributed by atoms with van der Waals surface area (Å²) in [6.45, 7) is 4.08. The Morgan fingerprint density at radius 3 is 2.37 bits per heavy atom. The van der Waals surface area contributed by atoms with Crippen molar-refractivity contribution in [2.75, 3.05) is 0 Å². The number of hydrogen-bond donors (Lipinski definition) is 0. The molecule has 1 aliphatic rings. The van der Waals surface area contributed by atoms with Gasteiger partial charge in [-0.15, -0.1) is 0 Å². The van der Waals surface area contributed by atoms with Crippen LogP contribution in [0.3, 0.4) is 0 Å². The standard InChI is InChI=1S/C16H13F2N/c1-16(2)11-5-3-4-6-14(11)19-15(16)10-7-8-12(17)13(18)9-10/h3-9H,1-2H3. The first kappa shape index (κ1) is 12.0. The van der Waals surface area contributed by atoms with Gasteiger partial charge in [-0.1, -0.05) is 32.0 Å². The van der Waals surface area contributed by atoms with E-state index in [4.69, 9.17) is 0 Å². The summed E-state index contributed by atoms with van der Waals surface area (Å²) in [4.78, 5) is 4.57.